The lowest BCUT2D eigenvalue weighted by molar-refractivity contribution is -0.116. The van der Waals surface area contributed by atoms with Crippen LogP contribution >= 0.6 is 23.4 Å². The maximum atomic E-state index is 13.9. The number of carbonyl (C=O) groups is 2. The van der Waals surface area contributed by atoms with Crippen molar-refractivity contribution in [1.29, 1.82) is 0 Å². The van der Waals surface area contributed by atoms with Gasteiger partial charge in [-0.15, -0.1) is 0 Å². The average Bonchev–Trinajstić information content (AvgIpc) is 2.75. The summed E-state index contributed by atoms with van der Waals surface area (Å²) in [6.45, 7) is 3.10. The van der Waals surface area contributed by atoms with E-state index < -0.39 is 6.04 Å². The Balaban J connectivity index is 1.38. The number of amides is 2. The molecule has 164 valence electrons. The quantitative estimate of drug-likeness (QED) is 0.711. The second-order valence-electron chi connectivity index (χ2n) is 7.76. The number of carbonyl (C=O) groups excluding carboxylic acids is 2. The van der Waals surface area contributed by atoms with E-state index in [9.17, 15) is 14.0 Å². The number of piperazine rings is 1. The number of hydrogen-bond donors (Lipinski definition) is 2. The van der Waals surface area contributed by atoms with Crippen LogP contribution < -0.4 is 10.6 Å². The van der Waals surface area contributed by atoms with Gasteiger partial charge in [0.25, 0.3) is 5.91 Å². The predicted octanol–water partition coefficient (Wildman–Crippen LogP) is 3.53. The first kappa shape index (κ1) is 21.9. The molecular formula is C22H24ClFN4O2S. The smallest absolute Gasteiger partial charge is 0.254 e. The molecule has 9 heteroatoms. The van der Waals surface area contributed by atoms with Gasteiger partial charge in [0.05, 0.1) is 11.4 Å². The van der Waals surface area contributed by atoms with Crippen molar-refractivity contribution >= 4 is 46.6 Å². The molecule has 0 aliphatic carbocycles. The van der Waals surface area contributed by atoms with Crippen molar-refractivity contribution in [3.05, 3.63) is 58.4 Å². The van der Waals surface area contributed by atoms with Gasteiger partial charge in [-0.1, -0.05) is 17.7 Å². The summed E-state index contributed by atoms with van der Waals surface area (Å²) in [6, 6.07) is 9.48. The van der Waals surface area contributed by atoms with Gasteiger partial charge in [-0.25, -0.2) is 4.39 Å². The highest BCUT2D eigenvalue weighted by atomic mass is 35.5. The van der Waals surface area contributed by atoms with Crippen LogP contribution in [0.4, 0.5) is 15.8 Å². The lowest BCUT2D eigenvalue weighted by Crippen LogP contribution is -2.47. The lowest BCUT2D eigenvalue weighted by atomic mass is 10.1. The van der Waals surface area contributed by atoms with Crippen molar-refractivity contribution in [1.82, 2.24) is 9.80 Å². The number of anilines is 2. The number of benzene rings is 2. The molecule has 2 aromatic carbocycles. The van der Waals surface area contributed by atoms with Gasteiger partial charge in [0.1, 0.15) is 11.9 Å². The van der Waals surface area contributed by atoms with Gasteiger partial charge in [-0.3, -0.25) is 9.59 Å². The molecule has 1 unspecified atom stereocenters. The van der Waals surface area contributed by atoms with Crippen LogP contribution in [0.3, 0.4) is 0 Å². The minimum atomic E-state index is -0.456. The topological polar surface area (TPSA) is 64.7 Å². The van der Waals surface area contributed by atoms with Crippen molar-refractivity contribution in [2.45, 2.75) is 11.8 Å². The van der Waals surface area contributed by atoms with Gasteiger partial charge in [-0.2, -0.15) is 11.8 Å². The molecule has 0 radical (unpaired) electrons. The second kappa shape index (κ2) is 9.46. The number of fused-ring (bicyclic) bond motifs is 1. The summed E-state index contributed by atoms with van der Waals surface area (Å²) < 4.78 is 13.9. The molecule has 6 nitrogen and oxygen atoms in total. The zero-order valence-electron chi connectivity index (χ0n) is 17.2. The minimum Gasteiger partial charge on any atom is -0.371 e. The van der Waals surface area contributed by atoms with Crippen LogP contribution in [0.25, 0.3) is 0 Å². The third-order valence-corrected chi connectivity index (χ3v) is 6.97. The van der Waals surface area contributed by atoms with Gasteiger partial charge in [0, 0.05) is 53.8 Å². The van der Waals surface area contributed by atoms with E-state index in [1.165, 1.54) is 17.8 Å². The van der Waals surface area contributed by atoms with Gasteiger partial charge in [0.2, 0.25) is 5.91 Å². The Morgan fingerprint density at radius 1 is 1.19 bits per heavy atom. The second-order valence-corrected chi connectivity index (χ2v) is 9.19. The first-order valence-corrected chi connectivity index (χ1v) is 11.7. The highest BCUT2D eigenvalue weighted by molar-refractivity contribution is 7.98. The summed E-state index contributed by atoms with van der Waals surface area (Å²) in [6.07, 6.45) is 0. The van der Waals surface area contributed by atoms with Gasteiger partial charge >= 0.3 is 0 Å². The van der Waals surface area contributed by atoms with Crippen LogP contribution in [0.5, 0.6) is 0 Å². The highest BCUT2D eigenvalue weighted by Gasteiger charge is 2.27. The van der Waals surface area contributed by atoms with E-state index in [0.29, 0.717) is 46.4 Å². The van der Waals surface area contributed by atoms with E-state index in [4.69, 9.17) is 11.6 Å². The Kier molecular flexibility index (Phi) is 6.69. The monoisotopic (exact) mass is 462 g/mol. The van der Waals surface area contributed by atoms with Crippen molar-refractivity contribution < 1.29 is 14.0 Å². The summed E-state index contributed by atoms with van der Waals surface area (Å²) >= 11 is 7.50. The summed E-state index contributed by atoms with van der Waals surface area (Å²) in [5, 5.41) is 6.50. The maximum Gasteiger partial charge on any atom is 0.254 e. The minimum absolute atomic E-state index is 0.0235. The van der Waals surface area contributed by atoms with E-state index in [1.54, 1.807) is 24.3 Å². The molecular weight excluding hydrogens is 439 g/mol. The first-order valence-electron chi connectivity index (χ1n) is 10.1. The number of halogens is 2. The van der Waals surface area contributed by atoms with Crippen LogP contribution in [0, 0.1) is 5.82 Å². The number of thioether (sulfide) groups is 1. The fraction of sp³-hybridized carbons (Fsp3) is 0.364. The summed E-state index contributed by atoms with van der Waals surface area (Å²) in [5.41, 5.74) is 2.37. The number of rotatable bonds is 5. The van der Waals surface area contributed by atoms with Crippen molar-refractivity contribution in [2.75, 3.05) is 49.6 Å². The molecule has 0 spiro atoms. The third kappa shape index (κ3) is 4.97. The molecule has 2 aliphatic heterocycles. The van der Waals surface area contributed by atoms with Gasteiger partial charge in [-0.05, 0) is 37.4 Å². The molecule has 4 rings (SSSR count). The third-order valence-electron chi connectivity index (χ3n) is 5.55. The highest BCUT2D eigenvalue weighted by Crippen LogP contribution is 2.30. The molecule has 1 fully saturated rings. The Bertz CT molecular complexity index is 977. The fourth-order valence-electron chi connectivity index (χ4n) is 3.64. The first-order chi connectivity index (χ1) is 14.9. The molecule has 1 atom stereocenters. The molecule has 31 heavy (non-hydrogen) atoms. The van der Waals surface area contributed by atoms with Gasteiger partial charge in [0.15, 0.2) is 0 Å². The Morgan fingerprint density at radius 3 is 2.71 bits per heavy atom. The number of nitrogens with zero attached hydrogens (tertiary/aromatic N) is 2. The normalized spacial score (nSPS) is 18.9. The molecule has 0 bridgehead atoms. The molecule has 2 heterocycles. The number of hydrogen-bond acceptors (Lipinski definition) is 5. The van der Waals surface area contributed by atoms with Gasteiger partial charge < -0.3 is 20.4 Å². The Hall–Kier alpha value is -2.29. The predicted molar refractivity (Wildman–Crippen MR) is 123 cm³/mol. The Morgan fingerprint density at radius 2 is 1.97 bits per heavy atom. The fourth-order valence-corrected chi connectivity index (χ4v) is 5.03. The molecule has 0 aromatic heterocycles. The van der Waals surface area contributed by atoms with Crippen LogP contribution in [-0.4, -0.2) is 66.6 Å². The standard InChI is InChI=1S/C22H24ClFN4O2S/c1-27-7-9-28(10-8-27)22(30)14-5-6-18-19(11-14)26-21(29)20(25-18)13-31-12-15-16(23)3-2-4-17(15)24/h2-6,11,20,25H,7-10,12-13H2,1H3,(H,26,29). The largest absolute Gasteiger partial charge is 0.371 e. The van der Waals surface area contributed by atoms with Crippen molar-refractivity contribution in [3.63, 3.8) is 0 Å². The van der Waals surface area contributed by atoms with E-state index in [-0.39, 0.29) is 17.6 Å². The van der Waals surface area contributed by atoms with E-state index in [1.807, 2.05) is 18.0 Å². The average molecular weight is 463 g/mol. The van der Waals surface area contributed by atoms with Crippen LogP contribution in [-0.2, 0) is 10.5 Å². The van der Waals surface area contributed by atoms with Crippen LogP contribution in [0.2, 0.25) is 5.02 Å². The van der Waals surface area contributed by atoms with Crippen LogP contribution in [0.1, 0.15) is 15.9 Å². The molecule has 2 N–H and O–H groups in total. The van der Waals surface area contributed by atoms with Crippen molar-refractivity contribution in [3.8, 4) is 0 Å². The van der Waals surface area contributed by atoms with Crippen molar-refractivity contribution in [2.24, 2.45) is 0 Å². The number of nitrogens with one attached hydrogen (secondary N) is 2. The summed E-state index contributed by atoms with van der Waals surface area (Å²) in [7, 11) is 2.04. The van der Waals surface area contributed by atoms with E-state index >= 15 is 0 Å². The molecule has 1 saturated heterocycles. The number of likely N-dealkylation sites (N-methyl/N-ethyl adjacent to an activating group) is 1. The zero-order valence-corrected chi connectivity index (χ0v) is 18.7. The zero-order chi connectivity index (χ0) is 22.0. The lowest BCUT2D eigenvalue weighted by Gasteiger charge is -2.33. The molecule has 0 saturated carbocycles. The molecule has 2 amide bonds. The van der Waals surface area contributed by atoms with E-state index in [2.05, 4.69) is 15.5 Å². The summed E-state index contributed by atoms with van der Waals surface area (Å²) in [4.78, 5) is 29.4. The maximum absolute atomic E-state index is 13.9. The molecule has 2 aliphatic rings. The summed E-state index contributed by atoms with van der Waals surface area (Å²) in [5.74, 6) is 0.289. The SMILES string of the molecule is CN1CCN(C(=O)c2ccc3c(c2)NC(=O)C(CSCc2c(F)cccc2Cl)N3)CC1. The van der Waals surface area contributed by atoms with E-state index in [0.717, 1.165) is 18.8 Å². The molecule has 2 aromatic rings. The Labute approximate surface area is 190 Å². The van der Waals surface area contributed by atoms with Crippen LogP contribution in [0.15, 0.2) is 36.4 Å².